The molecule has 3 rings (SSSR count). The summed E-state index contributed by atoms with van der Waals surface area (Å²) < 4.78 is 1.65. The van der Waals surface area contributed by atoms with E-state index >= 15 is 0 Å². The Balaban J connectivity index is 1.60. The van der Waals surface area contributed by atoms with Crippen LogP contribution in [0.3, 0.4) is 0 Å². The van der Waals surface area contributed by atoms with Gasteiger partial charge in [-0.3, -0.25) is 14.4 Å². The summed E-state index contributed by atoms with van der Waals surface area (Å²) in [7, 11) is 0. The summed E-state index contributed by atoms with van der Waals surface area (Å²) in [6.45, 7) is 6.25. The fourth-order valence-electron chi connectivity index (χ4n) is 2.97. The lowest BCUT2D eigenvalue weighted by Crippen LogP contribution is -2.48. The van der Waals surface area contributed by atoms with Crippen LogP contribution in [-0.4, -0.2) is 51.7 Å². The molecule has 0 saturated carbocycles. The van der Waals surface area contributed by atoms with Crippen molar-refractivity contribution in [3.63, 3.8) is 0 Å². The van der Waals surface area contributed by atoms with Crippen LogP contribution in [0.15, 0.2) is 24.4 Å². The van der Waals surface area contributed by atoms with Crippen LogP contribution in [0, 0.1) is 0 Å². The number of halogens is 3. The lowest BCUT2D eigenvalue weighted by Gasteiger charge is -2.34. The molecule has 25 heavy (non-hydrogen) atoms. The van der Waals surface area contributed by atoms with Crippen LogP contribution in [0.5, 0.6) is 0 Å². The monoisotopic (exact) mass is 400 g/mol. The Kier molecular flexibility index (Phi) is 5.89. The lowest BCUT2D eigenvalue weighted by molar-refractivity contribution is 0.0616. The van der Waals surface area contributed by atoms with Crippen molar-refractivity contribution in [3.05, 3.63) is 50.7 Å². The second-order valence-electron chi connectivity index (χ2n) is 5.97. The first-order valence-corrected chi connectivity index (χ1v) is 9.30. The van der Waals surface area contributed by atoms with E-state index in [1.165, 1.54) is 6.20 Å². The maximum absolute atomic E-state index is 12.7. The molecule has 0 bridgehead atoms. The number of amides is 1. The van der Waals surface area contributed by atoms with E-state index < -0.39 is 0 Å². The predicted molar refractivity (Wildman–Crippen MR) is 101 cm³/mol. The minimum absolute atomic E-state index is 0.0569. The topological polar surface area (TPSA) is 41.4 Å². The van der Waals surface area contributed by atoms with Crippen molar-refractivity contribution in [2.45, 2.75) is 20.0 Å². The molecule has 8 heteroatoms. The Labute approximate surface area is 162 Å². The molecule has 1 amide bonds. The zero-order valence-electron chi connectivity index (χ0n) is 13.9. The quantitative estimate of drug-likeness (QED) is 0.782. The van der Waals surface area contributed by atoms with Crippen molar-refractivity contribution < 1.29 is 4.79 Å². The van der Waals surface area contributed by atoms with E-state index in [0.717, 1.165) is 25.2 Å². The number of aromatic nitrogens is 2. The van der Waals surface area contributed by atoms with Gasteiger partial charge < -0.3 is 4.90 Å². The number of piperazine rings is 1. The Hall–Kier alpha value is -1.27. The van der Waals surface area contributed by atoms with Gasteiger partial charge in [-0.25, -0.2) is 0 Å². The van der Waals surface area contributed by atoms with Crippen LogP contribution in [0.2, 0.25) is 15.1 Å². The average Bonchev–Trinajstić information content (AvgIpc) is 2.99. The molecule has 1 aromatic carbocycles. The van der Waals surface area contributed by atoms with Crippen molar-refractivity contribution in [3.8, 4) is 0 Å². The van der Waals surface area contributed by atoms with Crippen molar-refractivity contribution in [2.24, 2.45) is 0 Å². The third kappa shape index (κ3) is 4.11. The van der Waals surface area contributed by atoms with Crippen LogP contribution in [0.1, 0.15) is 23.0 Å². The number of hydrogen-bond acceptors (Lipinski definition) is 3. The van der Waals surface area contributed by atoms with Crippen molar-refractivity contribution in [2.75, 3.05) is 26.2 Å². The number of aryl methyl sites for hydroxylation is 1. The molecule has 5 nitrogen and oxygen atoms in total. The summed E-state index contributed by atoms with van der Waals surface area (Å²) in [6.07, 6.45) is 1.53. The number of rotatable bonds is 4. The molecule has 1 aromatic heterocycles. The van der Waals surface area contributed by atoms with Crippen molar-refractivity contribution in [1.82, 2.24) is 19.6 Å². The van der Waals surface area contributed by atoms with E-state index in [2.05, 4.69) is 10.00 Å². The van der Waals surface area contributed by atoms with Gasteiger partial charge in [-0.15, -0.1) is 0 Å². The highest BCUT2D eigenvalue weighted by atomic mass is 35.5. The van der Waals surface area contributed by atoms with E-state index in [0.29, 0.717) is 40.4 Å². The largest absolute Gasteiger partial charge is 0.335 e. The zero-order valence-corrected chi connectivity index (χ0v) is 16.2. The molecule has 134 valence electrons. The van der Waals surface area contributed by atoms with E-state index in [4.69, 9.17) is 34.8 Å². The summed E-state index contributed by atoms with van der Waals surface area (Å²) in [5, 5.41) is 5.67. The van der Waals surface area contributed by atoms with Gasteiger partial charge in [0.25, 0.3) is 5.91 Å². The summed E-state index contributed by atoms with van der Waals surface area (Å²) >= 11 is 18.2. The fourth-order valence-corrected chi connectivity index (χ4v) is 3.51. The van der Waals surface area contributed by atoms with Gasteiger partial charge in [0.2, 0.25) is 0 Å². The standard InChI is InChI=1S/C17H19Cl3N4O/c1-2-24-16(15(20)10-21-24)17(25)23-7-5-22(6-8-23)11-12-3-4-13(18)14(19)9-12/h3-4,9-10H,2,5-8,11H2,1H3. The molecule has 0 aliphatic carbocycles. The van der Waals surface area contributed by atoms with Gasteiger partial charge in [-0.1, -0.05) is 40.9 Å². The molecule has 1 saturated heterocycles. The van der Waals surface area contributed by atoms with Crippen LogP contribution >= 0.6 is 34.8 Å². The molecule has 2 heterocycles. The van der Waals surface area contributed by atoms with Crippen molar-refractivity contribution in [1.29, 1.82) is 0 Å². The molecule has 0 N–H and O–H groups in total. The molecule has 0 spiro atoms. The first-order chi connectivity index (χ1) is 12.0. The zero-order chi connectivity index (χ0) is 18.0. The molecule has 0 unspecified atom stereocenters. The second-order valence-corrected chi connectivity index (χ2v) is 7.20. The third-order valence-corrected chi connectivity index (χ3v) is 5.36. The molecular weight excluding hydrogens is 383 g/mol. The van der Waals surface area contributed by atoms with Gasteiger partial charge >= 0.3 is 0 Å². The van der Waals surface area contributed by atoms with Gasteiger partial charge in [0.15, 0.2) is 0 Å². The minimum Gasteiger partial charge on any atom is -0.335 e. The lowest BCUT2D eigenvalue weighted by atomic mass is 10.2. The number of nitrogens with zero attached hydrogens (tertiary/aromatic N) is 4. The summed E-state index contributed by atoms with van der Waals surface area (Å²) in [5.41, 5.74) is 1.59. The molecule has 0 atom stereocenters. The first kappa shape index (κ1) is 18.5. The van der Waals surface area contributed by atoms with E-state index in [-0.39, 0.29) is 5.91 Å². The molecular formula is C17H19Cl3N4O. The highest BCUT2D eigenvalue weighted by molar-refractivity contribution is 6.42. The van der Waals surface area contributed by atoms with E-state index in [9.17, 15) is 4.79 Å². The maximum Gasteiger partial charge on any atom is 0.273 e. The number of carbonyl (C=O) groups excluding carboxylic acids is 1. The first-order valence-electron chi connectivity index (χ1n) is 8.16. The van der Waals surface area contributed by atoms with Gasteiger partial charge in [0, 0.05) is 39.3 Å². The molecule has 2 aromatic rings. The number of hydrogen-bond donors (Lipinski definition) is 0. The molecule has 1 fully saturated rings. The van der Waals surface area contributed by atoms with Gasteiger partial charge in [0.1, 0.15) is 5.69 Å². The predicted octanol–water partition coefficient (Wildman–Crippen LogP) is 3.82. The van der Waals surface area contributed by atoms with Gasteiger partial charge in [-0.2, -0.15) is 5.10 Å². The molecule has 1 aliphatic rings. The van der Waals surface area contributed by atoms with E-state index in [1.807, 2.05) is 30.0 Å². The average molecular weight is 402 g/mol. The maximum atomic E-state index is 12.7. The Bertz CT molecular complexity index is 769. The Morgan fingerprint density at radius 1 is 1.08 bits per heavy atom. The van der Waals surface area contributed by atoms with Crippen molar-refractivity contribution >= 4 is 40.7 Å². The normalized spacial score (nSPS) is 15.6. The van der Waals surface area contributed by atoms with Crippen LogP contribution in [0.25, 0.3) is 0 Å². The fraction of sp³-hybridized carbons (Fsp3) is 0.412. The highest BCUT2D eigenvalue weighted by Crippen LogP contribution is 2.24. The van der Waals surface area contributed by atoms with Crippen LogP contribution in [-0.2, 0) is 13.1 Å². The minimum atomic E-state index is -0.0569. The summed E-state index contributed by atoms with van der Waals surface area (Å²) in [5.74, 6) is -0.0569. The van der Waals surface area contributed by atoms with Gasteiger partial charge in [-0.05, 0) is 24.6 Å². The second kappa shape index (κ2) is 7.96. The Morgan fingerprint density at radius 2 is 1.80 bits per heavy atom. The van der Waals surface area contributed by atoms with Gasteiger partial charge in [0.05, 0.1) is 21.3 Å². The SMILES string of the molecule is CCn1ncc(Cl)c1C(=O)N1CCN(Cc2ccc(Cl)c(Cl)c2)CC1. The summed E-state index contributed by atoms with van der Waals surface area (Å²) in [4.78, 5) is 16.9. The highest BCUT2D eigenvalue weighted by Gasteiger charge is 2.26. The molecule has 0 radical (unpaired) electrons. The van der Waals surface area contributed by atoms with Crippen LogP contribution < -0.4 is 0 Å². The smallest absolute Gasteiger partial charge is 0.273 e. The number of carbonyl (C=O) groups is 1. The van der Waals surface area contributed by atoms with Crippen LogP contribution in [0.4, 0.5) is 0 Å². The number of benzene rings is 1. The third-order valence-electron chi connectivity index (χ3n) is 4.35. The Morgan fingerprint density at radius 3 is 2.44 bits per heavy atom. The van der Waals surface area contributed by atoms with E-state index in [1.54, 1.807) is 4.68 Å². The summed E-state index contributed by atoms with van der Waals surface area (Å²) in [6, 6.07) is 5.68. The molecule has 1 aliphatic heterocycles.